The van der Waals surface area contributed by atoms with Gasteiger partial charge in [0, 0.05) is 6.54 Å². The Labute approximate surface area is 95.4 Å². The normalized spacial score (nSPS) is 23.2. The molecule has 1 unspecified atom stereocenters. The molecule has 1 fully saturated rings. The average Bonchev–Trinajstić information content (AvgIpc) is 2.56. The maximum atomic E-state index is 11.9. The van der Waals surface area contributed by atoms with Gasteiger partial charge < -0.3 is 10.2 Å². The third kappa shape index (κ3) is 1.28. The lowest BCUT2D eigenvalue weighted by Crippen LogP contribution is -2.53. The summed E-state index contributed by atoms with van der Waals surface area (Å²) in [4.78, 5) is 13.9. The second kappa shape index (κ2) is 3.32. The lowest BCUT2D eigenvalue weighted by Gasteiger charge is -2.31. The molecular formula is C13H16N2O. The molecule has 0 aliphatic carbocycles. The fraction of sp³-hybridized carbons (Fsp3) is 0.462. The van der Waals surface area contributed by atoms with Crippen LogP contribution in [-0.2, 0) is 11.2 Å². The molecule has 1 N–H and O–H groups in total. The molecule has 0 bridgehead atoms. The van der Waals surface area contributed by atoms with E-state index in [1.54, 1.807) is 0 Å². The lowest BCUT2D eigenvalue weighted by molar-refractivity contribution is -0.119. The molecule has 3 nitrogen and oxygen atoms in total. The maximum Gasteiger partial charge on any atom is 0.241 e. The minimum absolute atomic E-state index is 0.210. The number of hydrogen-bond acceptors (Lipinski definition) is 2. The molecule has 2 aliphatic heterocycles. The number of amides is 1. The van der Waals surface area contributed by atoms with E-state index < -0.39 is 0 Å². The van der Waals surface area contributed by atoms with Crippen molar-refractivity contribution in [1.82, 2.24) is 5.32 Å². The van der Waals surface area contributed by atoms with Crippen LogP contribution in [0.15, 0.2) is 12.1 Å². The molecule has 1 aromatic carbocycles. The summed E-state index contributed by atoms with van der Waals surface area (Å²) >= 11 is 0. The number of nitrogens with zero attached hydrogens (tertiary/aromatic N) is 1. The molecule has 0 saturated carbocycles. The van der Waals surface area contributed by atoms with Gasteiger partial charge in [0.2, 0.25) is 5.91 Å². The number of fused-ring (bicyclic) bond motifs is 3. The second-order valence-electron chi connectivity index (χ2n) is 4.84. The summed E-state index contributed by atoms with van der Waals surface area (Å²) in [5, 5.41) is 3.18. The highest BCUT2D eigenvalue weighted by atomic mass is 16.2. The zero-order valence-electron chi connectivity index (χ0n) is 9.71. The standard InChI is InChI=1S/C13H16N2O/c1-8-3-9(2)13-10(4-8)5-11-6-14-7-12(16)15(11)13/h3-4,11,14H,5-7H2,1-2H3. The number of carbonyl (C=O) groups excluding carboxylic acids is 1. The number of rotatable bonds is 0. The first-order valence-electron chi connectivity index (χ1n) is 5.79. The van der Waals surface area contributed by atoms with Gasteiger partial charge in [-0.3, -0.25) is 4.79 Å². The number of benzene rings is 1. The Balaban J connectivity index is 2.13. The summed E-state index contributed by atoms with van der Waals surface area (Å²) in [5.74, 6) is 0.210. The molecule has 2 heterocycles. The fourth-order valence-electron chi connectivity index (χ4n) is 3.00. The minimum atomic E-state index is 0.210. The zero-order chi connectivity index (χ0) is 11.3. The van der Waals surface area contributed by atoms with E-state index in [2.05, 4.69) is 31.3 Å². The van der Waals surface area contributed by atoms with Crippen LogP contribution in [0.5, 0.6) is 0 Å². The fourth-order valence-corrected chi connectivity index (χ4v) is 3.00. The Hall–Kier alpha value is -1.35. The molecule has 0 aromatic heterocycles. The Kier molecular flexibility index (Phi) is 2.04. The Morgan fingerprint density at radius 3 is 3.00 bits per heavy atom. The van der Waals surface area contributed by atoms with E-state index in [1.165, 1.54) is 22.4 Å². The predicted molar refractivity (Wildman–Crippen MR) is 63.8 cm³/mol. The van der Waals surface area contributed by atoms with Gasteiger partial charge in [0.1, 0.15) is 0 Å². The van der Waals surface area contributed by atoms with Gasteiger partial charge in [0.15, 0.2) is 0 Å². The lowest BCUT2D eigenvalue weighted by atomic mass is 10.0. The second-order valence-corrected chi connectivity index (χ2v) is 4.84. The molecular weight excluding hydrogens is 200 g/mol. The maximum absolute atomic E-state index is 11.9. The molecule has 2 aliphatic rings. The van der Waals surface area contributed by atoms with Crippen molar-refractivity contribution in [2.75, 3.05) is 18.0 Å². The topological polar surface area (TPSA) is 32.3 Å². The summed E-state index contributed by atoms with van der Waals surface area (Å²) < 4.78 is 0. The van der Waals surface area contributed by atoms with Crippen molar-refractivity contribution in [3.8, 4) is 0 Å². The molecule has 3 heteroatoms. The summed E-state index contributed by atoms with van der Waals surface area (Å²) in [5.41, 5.74) is 5.02. The van der Waals surface area contributed by atoms with Crippen LogP contribution in [0, 0.1) is 13.8 Å². The Morgan fingerprint density at radius 2 is 2.19 bits per heavy atom. The van der Waals surface area contributed by atoms with Gasteiger partial charge in [-0.1, -0.05) is 17.7 Å². The van der Waals surface area contributed by atoms with Crippen molar-refractivity contribution in [1.29, 1.82) is 0 Å². The monoisotopic (exact) mass is 216 g/mol. The molecule has 84 valence electrons. The summed E-state index contributed by atoms with van der Waals surface area (Å²) in [6.45, 7) is 5.61. The quantitative estimate of drug-likeness (QED) is 0.706. The smallest absolute Gasteiger partial charge is 0.241 e. The van der Waals surface area contributed by atoms with E-state index in [9.17, 15) is 4.79 Å². The van der Waals surface area contributed by atoms with Gasteiger partial charge in [0.25, 0.3) is 0 Å². The van der Waals surface area contributed by atoms with Crippen LogP contribution < -0.4 is 10.2 Å². The zero-order valence-corrected chi connectivity index (χ0v) is 9.71. The van der Waals surface area contributed by atoms with Crippen LogP contribution in [0.4, 0.5) is 5.69 Å². The number of hydrogen-bond donors (Lipinski definition) is 1. The van der Waals surface area contributed by atoms with E-state index in [0.717, 1.165) is 13.0 Å². The highest BCUT2D eigenvalue weighted by Crippen LogP contribution is 2.36. The van der Waals surface area contributed by atoms with Crippen molar-refractivity contribution in [2.45, 2.75) is 26.3 Å². The number of piperazine rings is 1. The van der Waals surface area contributed by atoms with Gasteiger partial charge in [-0.2, -0.15) is 0 Å². The van der Waals surface area contributed by atoms with E-state index in [1.807, 2.05) is 4.90 Å². The molecule has 1 saturated heterocycles. The van der Waals surface area contributed by atoms with Crippen LogP contribution in [-0.4, -0.2) is 25.0 Å². The average molecular weight is 216 g/mol. The predicted octanol–water partition coefficient (Wildman–Crippen LogP) is 1.16. The third-order valence-electron chi connectivity index (χ3n) is 3.51. The van der Waals surface area contributed by atoms with E-state index >= 15 is 0 Å². The summed E-state index contributed by atoms with van der Waals surface area (Å²) in [6.07, 6.45) is 0.997. The molecule has 0 spiro atoms. The first-order chi connectivity index (χ1) is 7.66. The van der Waals surface area contributed by atoms with Gasteiger partial charge >= 0.3 is 0 Å². The first-order valence-corrected chi connectivity index (χ1v) is 5.79. The Morgan fingerprint density at radius 1 is 1.38 bits per heavy atom. The molecule has 0 radical (unpaired) electrons. The number of aryl methyl sites for hydroxylation is 2. The Bertz CT molecular complexity index is 467. The third-order valence-corrected chi connectivity index (χ3v) is 3.51. The minimum Gasteiger partial charge on any atom is -0.306 e. The largest absolute Gasteiger partial charge is 0.306 e. The molecule has 3 rings (SSSR count). The van der Waals surface area contributed by atoms with Crippen molar-refractivity contribution in [2.24, 2.45) is 0 Å². The molecule has 1 amide bonds. The van der Waals surface area contributed by atoms with Crippen LogP contribution >= 0.6 is 0 Å². The highest BCUT2D eigenvalue weighted by Gasteiger charge is 2.37. The number of carbonyl (C=O) groups is 1. The highest BCUT2D eigenvalue weighted by molar-refractivity contribution is 5.99. The van der Waals surface area contributed by atoms with Gasteiger partial charge in [-0.05, 0) is 31.4 Å². The molecule has 1 aromatic rings. The van der Waals surface area contributed by atoms with Crippen molar-refractivity contribution < 1.29 is 4.79 Å². The van der Waals surface area contributed by atoms with E-state index in [4.69, 9.17) is 0 Å². The SMILES string of the molecule is Cc1cc(C)c2c(c1)CC1CNCC(=O)N21. The summed E-state index contributed by atoms with van der Waals surface area (Å²) in [7, 11) is 0. The summed E-state index contributed by atoms with van der Waals surface area (Å²) in [6, 6.07) is 4.71. The van der Waals surface area contributed by atoms with E-state index in [-0.39, 0.29) is 5.91 Å². The van der Waals surface area contributed by atoms with Crippen molar-refractivity contribution in [3.63, 3.8) is 0 Å². The number of anilines is 1. The number of nitrogens with one attached hydrogen (secondary N) is 1. The van der Waals surface area contributed by atoms with Crippen LogP contribution in [0.25, 0.3) is 0 Å². The van der Waals surface area contributed by atoms with Gasteiger partial charge in [-0.25, -0.2) is 0 Å². The van der Waals surface area contributed by atoms with Crippen molar-refractivity contribution in [3.05, 3.63) is 28.8 Å². The van der Waals surface area contributed by atoms with Crippen LogP contribution in [0.3, 0.4) is 0 Å². The van der Waals surface area contributed by atoms with Crippen molar-refractivity contribution >= 4 is 11.6 Å². The van der Waals surface area contributed by atoms with Crippen LogP contribution in [0.2, 0.25) is 0 Å². The van der Waals surface area contributed by atoms with Gasteiger partial charge in [0.05, 0.1) is 18.3 Å². The van der Waals surface area contributed by atoms with Gasteiger partial charge in [-0.15, -0.1) is 0 Å². The molecule has 1 atom stereocenters. The first kappa shape index (κ1) is 9.85. The molecule has 16 heavy (non-hydrogen) atoms. The van der Waals surface area contributed by atoms with E-state index in [0.29, 0.717) is 12.6 Å². The van der Waals surface area contributed by atoms with Crippen LogP contribution in [0.1, 0.15) is 16.7 Å².